The van der Waals surface area contributed by atoms with E-state index in [4.69, 9.17) is 5.73 Å². The zero-order valence-electron chi connectivity index (χ0n) is 12.2. The maximum Gasteiger partial charge on any atom is 0.215 e. The summed E-state index contributed by atoms with van der Waals surface area (Å²) in [6, 6.07) is 5.99. The van der Waals surface area contributed by atoms with Crippen LogP contribution in [0.2, 0.25) is 0 Å². The summed E-state index contributed by atoms with van der Waals surface area (Å²) >= 11 is 0. The van der Waals surface area contributed by atoms with Crippen molar-refractivity contribution in [3.8, 4) is 0 Å². The van der Waals surface area contributed by atoms with Gasteiger partial charge in [-0.25, -0.2) is 0 Å². The van der Waals surface area contributed by atoms with E-state index in [9.17, 15) is 4.79 Å². The Kier molecular flexibility index (Phi) is 4.34. The second-order valence-corrected chi connectivity index (χ2v) is 5.15. The van der Waals surface area contributed by atoms with Gasteiger partial charge < -0.3 is 10.3 Å². The predicted octanol–water partition coefficient (Wildman–Crippen LogP) is 1.97. The monoisotopic (exact) mass is 306 g/mol. The van der Waals surface area contributed by atoms with Crippen LogP contribution in [0.4, 0.5) is 0 Å². The maximum atomic E-state index is 12.6. The third-order valence-corrected chi connectivity index (χ3v) is 3.70. The summed E-state index contributed by atoms with van der Waals surface area (Å²) in [6.45, 7) is 3.41. The molecule has 112 valence electrons. The molecule has 0 atom stereocenters. The first-order chi connectivity index (χ1) is 9.63. The van der Waals surface area contributed by atoms with Crippen LogP contribution in [-0.2, 0) is 13.6 Å². The van der Waals surface area contributed by atoms with Gasteiger partial charge in [-0.1, -0.05) is 11.6 Å². The number of pyridine rings is 1. The Balaban J connectivity index is 0.00000161. The lowest BCUT2D eigenvalue weighted by Gasteiger charge is -2.13. The van der Waals surface area contributed by atoms with Gasteiger partial charge in [0.05, 0.1) is 17.2 Å². The first kappa shape index (κ1) is 15.5. The number of hydrogen-bond donors (Lipinski definition) is 1. The minimum Gasteiger partial charge on any atom is -0.338 e. The van der Waals surface area contributed by atoms with Crippen LogP contribution in [0, 0.1) is 6.92 Å². The van der Waals surface area contributed by atoms with E-state index in [0.29, 0.717) is 12.1 Å². The number of benzene rings is 1. The van der Waals surface area contributed by atoms with Gasteiger partial charge in [-0.2, -0.15) is 5.10 Å². The van der Waals surface area contributed by atoms with Gasteiger partial charge in [0.15, 0.2) is 0 Å². The van der Waals surface area contributed by atoms with Crippen LogP contribution in [0.5, 0.6) is 0 Å². The second kappa shape index (κ2) is 5.87. The molecular formula is C15H19ClN4O. The molecule has 0 aliphatic carbocycles. The molecule has 2 N–H and O–H groups in total. The number of aryl methyl sites for hydroxylation is 3. The molecule has 0 amide bonds. The number of hydrogen-bond acceptors (Lipinski definition) is 3. The standard InChI is InChI=1S/C15H18N4O.ClH/c1-10-4-5-12-11(8-10)15(20)14-13(9-17-18(14)2)19(12)7-3-6-16;/h4-5,8-9H,3,6-7,16H2,1-2H3;1H. The van der Waals surface area contributed by atoms with Crippen molar-refractivity contribution in [3.63, 3.8) is 0 Å². The SMILES string of the molecule is Cc1ccc2c(c1)c(=O)c1c(cnn1C)n2CCCN.Cl. The molecule has 0 unspecified atom stereocenters. The Morgan fingerprint density at radius 1 is 1.29 bits per heavy atom. The topological polar surface area (TPSA) is 65.8 Å². The summed E-state index contributed by atoms with van der Waals surface area (Å²) in [5, 5.41) is 4.98. The number of nitrogens with two attached hydrogens (primary N) is 1. The summed E-state index contributed by atoms with van der Waals surface area (Å²) in [5.74, 6) is 0. The molecule has 0 aliphatic heterocycles. The van der Waals surface area contributed by atoms with Crippen LogP contribution < -0.4 is 11.2 Å². The van der Waals surface area contributed by atoms with Crippen LogP contribution in [0.15, 0.2) is 29.2 Å². The van der Waals surface area contributed by atoms with E-state index in [0.717, 1.165) is 34.9 Å². The van der Waals surface area contributed by atoms with Crippen molar-refractivity contribution in [3.05, 3.63) is 40.2 Å². The van der Waals surface area contributed by atoms with Gasteiger partial charge in [-0.05, 0) is 32.0 Å². The zero-order valence-corrected chi connectivity index (χ0v) is 13.0. The summed E-state index contributed by atoms with van der Waals surface area (Å²) in [7, 11) is 1.80. The molecule has 2 heterocycles. The van der Waals surface area contributed by atoms with Crippen molar-refractivity contribution in [1.82, 2.24) is 14.3 Å². The predicted molar refractivity (Wildman–Crippen MR) is 88.1 cm³/mol. The van der Waals surface area contributed by atoms with Gasteiger partial charge in [-0.3, -0.25) is 9.48 Å². The zero-order chi connectivity index (χ0) is 14.3. The maximum absolute atomic E-state index is 12.6. The first-order valence-electron chi connectivity index (χ1n) is 6.78. The largest absolute Gasteiger partial charge is 0.338 e. The molecule has 3 aromatic rings. The molecule has 2 aromatic heterocycles. The lowest BCUT2D eigenvalue weighted by Crippen LogP contribution is -2.14. The Morgan fingerprint density at radius 2 is 2.05 bits per heavy atom. The molecule has 0 aliphatic rings. The lowest BCUT2D eigenvalue weighted by atomic mass is 10.1. The third-order valence-electron chi connectivity index (χ3n) is 3.70. The molecule has 3 rings (SSSR count). The summed E-state index contributed by atoms with van der Waals surface area (Å²) in [4.78, 5) is 12.6. The van der Waals surface area contributed by atoms with Gasteiger partial charge in [0.2, 0.25) is 5.43 Å². The van der Waals surface area contributed by atoms with Crippen molar-refractivity contribution >= 4 is 34.3 Å². The molecule has 0 spiro atoms. The Hall–Kier alpha value is -1.85. The van der Waals surface area contributed by atoms with Crippen LogP contribution in [-0.4, -0.2) is 20.9 Å². The molecule has 0 saturated carbocycles. The number of aromatic nitrogens is 3. The smallest absolute Gasteiger partial charge is 0.215 e. The number of rotatable bonds is 3. The fraction of sp³-hybridized carbons (Fsp3) is 0.333. The lowest BCUT2D eigenvalue weighted by molar-refractivity contribution is 0.684. The summed E-state index contributed by atoms with van der Waals surface area (Å²) in [5.41, 5.74) is 9.24. The van der Waals surface area contributed by atoms with Crippen molar-refractivity contribution in [1.29, 1.82) is 0 Å². The van der Waals surface area contributed by atoms with Gasteiger partial charge in [0.25, 0.3) is 0 Å². The van der Waals surface area contributed by atoms with E-state index in [-0.39, 0.29) is 17.8 Å². The molecule has 0 bridgehead atoms. The Morgan fingerprint density at radius 3 is 2.76 bits per heavy atom. The molecule has 0 fully saturated rings. The minimum absolute atomic E-state index is 0. The van der Waals surface area contributed by atoms with Gasteiger partial charge >= 0.3 is 0 Å². The fourth-order valence-corrected chi connectivity index (χ4v) is 2.70. The Bertz CT molecular complexity index is 850. The van der Waals surface area contributed by atoms with E-state index in [2.05, 4.69) is 9.67 Å². The highest BCUT2D eigenvalue weighted by atomic mass is 35.5. The van der Waals surface area contributed by atoms with Crippen molar-refractivity contribution in [2.45, 2.75) is 19.9 Å². The second-order valence-electron chi connectivity index (χ2n) is 5.15. The average Bonchev–Trinajstić information content (AvgIpc) is 2.81. The first-order valence-corrected chi connectivity index (χ1v) is 6.78. The third kappa shape index (κ3) is 2.43. The van der Waals surface area contributed by atoms with Crippen LogP contribution in [0.1, 0.15) is 12.0 Å². The Labute approximate surface area is 128 Å². The van der Waals surface area contributed by atoms with Gasteiger partial charge in [0, 0.05) is 19.0 Å². The van der Waals surface area contributed by atoms with E-state index in [1.54, 1.807) is 17.9 Å². The van der Waals surface area contributed by atoms with Crippen LogP contribution >= 0.6 is 12.4 Å². The van der Waals surface area contributed by atoms with Crippen molar-refractivity contribution in [2.24, 2.45) is 12.8 Å². The summed E-state index contributed by atoms with van der Waals surface area (Å²) < 4.78 is 3.80. The molecule has 1 aromatic carbocycles. The number of halogens is 1. The van der Waals surface area contributed by atoms with E-state index in [1.165, 1.54) is 0 Å². The molecule has 0 radical (unpaired) electrons. The summed E-state index contributed by atoms with van der Waals surface area (Å²) in [6.07, 6.45) is 2.63. The highest BCUT2D eigenvalue weighted by Gasteiger charge is 2.13. The van der Waals surface area contributed by atoms with Crippen molar-refractivity contribution in [2.75, 3.05) is 6.54 Å². The molecule has 6 heteroatoms. The average molecular weight is 307 g/mol. The quantitative estimate of drug-likeness (QED) is 0.804. The number of fused-ring (bicyclic) bond motifs is 2. The van der Waals surface area contributed by atoms with Crippen LogP contribution in [0.25, 0.3) is 21.9 Å². The normalized spacial score (nSPS) is 11.0. The van der Waals surface area contributed by atoms with Crippen molar-refractivity contribution < 1.29 is 0 Å². The number of nitrogens with zero attached hydrogens (tertiary/aromatic N) is 3. The molecule has 5 nitrogen and oxygen atoms in total. The molecular weight excluding hydrogens is 288 g/mol. The van der Waals surface area contributed by atoms with E-state index < -0.39 is 0 Å². The fourth-order valence-electron chi connectivity index (χ4n) is 2.70. The van der Waals surface area contributed by atoms with Crippen LogP contribution in [0.3, 0.4) is 0 Å². The van der Waals surface area contributed by atoms with E-state index >= 15 is 0 Å². The van der Waals surface area contributed by atoms with E-state index in [1.807, 2.05) is 25.1 Å². The molecule has 21 heavy (non-hydrogen) atoms. The van der Waals surface area contributed by atoms with Gasteiger partial charge in [0.1, 0.15) is 5.52 Å². The highest BCUT2D eigenvalue weighted by molar-refractivity contribution is 5.92. The van der Waals surface area contributed by atoms with Gasteiger partial charge in [-0.15, -0.1) is 12.4 Å². The highest BCUT2D eigenvalue weighted by Crippen LogP contribution is 2.20. The minimum atomic E-state index is 0. The molecule has 0 saturated heterocycles.